The first-order valence-corrected chi connectivity index (χ1v) is 30.0. The molecule has 6 heterocycles. The summed E-state index contributed by atoms with van der Waals surface area (Å²) in [6.45, 7) is 0. The second kappa shape index (κ2) is 19.9. The maximum atomic E-state index is 5.58. The molecule has 5 aromatic heterocycles. The van der Waals surface area contributed by atoms with Crippen molar-refractivity contribution in [3.8, 4) is 40.1 Å². The van der Waals surface area contributed by atoms with Crippen molar-refractivity contribution in [1.29, 1.82) is 0 Å². The fourth-order valence-corrected chi connectivity index (χ4v) is 13.9. The normalized spacial score (nSPS) is 15.0. The molecule has 0 bridgehead atoms. The summed E-state index contributed by atoms with van der Waals surface area (Å²) in [6.07, 6.45) is 5.16. The van der Waals surface area contributed by atoms with Crippen molar-refractivity contribution in [2.45, 2.75) is 18.6 Å². The van der Waals surface area contributed by atoms with E-state index >= 15 is 0 Å². The monoisotopic (exact) mass is 1130 g/mol. The van der Waals surface area contributed by atoms with Crippen LogP contribution >= 0.6 is 0 Å². The van der Waals surface area contributed by atoms with Crippen LogP contribution in [0.5, 0.6) is 0 Å². The van der Waals surface area contributed by atoms with Crippen molar-refractivity contribution in [3.05, 3.63) is 300 Å². The van der Waals surface area contributed by atoms with Crippen LogP contribution in [0, 0.1) is 0 Å². The molecule has 0 spiro atoms. The van der Waals surface area contributed by atoms with E-state index in [-0.39, 0.29) is 5.92 Å². The molecule has 10 nitrogen and oxygen atoms in total. The highest BCUT2D eigenvalue weighted by molar-refractivity contribution is 6.24. The molecule has 0 saturated carbocycles. The number of rotatable bonds is 9. The van der Waals surface area contributed by atoms with E-state index in [4.69, 9.17) is 24.9 Å². The average Bonchev–Trinajstić information content (AvgIpc) is 1.68. The summed E-state index contributed by atoms with van der Waals surface area (Å²) in [5, 5.41) is 14.2. The summed E-state index contributed by atoms with van der Waals surface area (Å²) in [4.78, 5) is 26.9. The molecule has 414 valence electrons. The van der Waals surface area contributed by atoms with Crippen LogP contribution < -0.4 is 15.9 Å². The van der Waals surface area contributed by atoms with Crippen LogP contribution in [0.1, 0.15) is 35.3 Å². The largest absolute Gasteiger partial charge is 0.331 e. The Kier molecular flexibility index (Phi) is 11.2. The lowest BCUT2D eigenvalue weighted by atomic mass is 9.90. The van der Waals surface area contributed by atoms with Crippen LogP contribution in [-0.4, -0.2) is 44.9 Å². The topological polar surface area (TPSA) is 95.1 Å². The molecule has 2 unspecified atom stereocenters. The molecule has 10 heteroatoms. The standard InChI is InChI=1S/C78H52N10/c1-7-23-49(24-8-1)73-79-74(50-25-9-2-10-26-50)82-77(81-73)87-67-45-39-53(47-63(67)61-43-41-59-57-35-19-21-37-65(57)85(69(59)71(61)87)55-31-15-5-16-32-55)54-40-46-68-64(48-54)62-44-42-60-58-36-20-22-38-66(58)86(56-33-17-6-18-34-56)70(60)72(62)88(68)78-83-75(51-27-11-3-12-28-51)80-76(84-78)52-29-13-4-14-30-52/h1-39,41-48,54,78H,40H2,(H,80,83,84). The van der Waals surface area contributed by atoms with Gasteiger partial charge in [0.2, 0.25) is 12.2 Å². The highest BCUT2D eigenvalue weighted by atomic mass is 15.3. The van der Waals surface area contributed by atoms with Gasteiger partial charge in [0, 0.05) is 87.8 Å². The van der Waals surface area contributed by atoms with Crippen LogP contribution in [0.2, 0.25) is 0 Å². The third-order valence-corrected chi connectivity index (χ3v) is 17.8. The predicted octanol–water partition coefficient (Wildman–Crippen LogP) is 16.2. The van der Waals surface area contributed by atoms with Gasteiger partial charge in [-0.1, -0.05) is 237 Å². The minimum atomic E-state index is -0.561. The third-order valence-electron chi connectivity index (χ3n) is 17.8. The molecule has 0 fully saturated rings. The summed E-state index contributed by atoms with van der Waals surface area (Å²) in [5.74, 6) is 3.20. The van der Waals surface area contributed by atoms with Gasteiger partial charge in [0.1, 0.15) is 5.84 Å². The van der Waals surface area contributed by atoms with Crippen LogP contribution in [0.3, 0.4) is 0 Å². The first-order valence-electron chi connectivity index (χ1n) is 30.0. The third kappa shape index (κ3) is 7.78. The number of hydrogen-bond donors (Lipinski definition) is 1. The molecule has 1 aliphatic heterocycles. The number of para-hydroxylation sites is 4. The Morgan fingerprint density at radius 1 is 0.375 bits per heavy atom. The Balaban J connectivity index is 0.901. The van der Waals surface area contributed by atoms with E-state index in [0.29, 0.717) is 23.4 Å². The molecule has 88 heavy (non-hydrogen) atoms. The van der Waals surface area contributed by atoms with E-state index in [1.165, 1.54) is 26.9 Å². The number of aliphatic imine (C=N–C) groups is 2. The molecule has 2 aliphatic rings. The van der Waals surface area contributed by atoms with Gasteiger partial charge in [0.05, 0.1) is 38.6 Å². The van der Waals surface area contributed by atoms with Gasteiger partial charge in [0.15, 0.2) is 17.5 Å². The summed E-state index contributed by atoms with van der Waals surface area (Å²) >= 11 is 0. The van der Waals surface area contributed by atoms with E-state index in [1.807, 2.05) is 48.5 Å². The Morgan fingerprint density at radius 3 is 1.42 bits per heavy atom. The molecule has 1 aliphatic carbocycles. The number of hydrogen-bond acceptors (Lipinski definition) is 6. The maximum Gasteiger partial charge on any atom is 0.238 e. The molecule has 1 N–H and O–H groups in total. The van der Waals surface area contributed by atoms with Gasteiger partial charge in [-0.05, 0) is 60.5 Å². The van der Waals surface area contributed by atoms with Gasteiger partial charge in [0.25, 0.3) is 0 Å². The van der Waals surface area contributed by atoms with Crippen molar-refractivity contribution in [1.82, 2.24) is 38.5 Å². The molecule has 0 saturated heterocycles. The van der Waals surface area contributed by atoms with Crippen molar-refractivity contribution >= 4 is 100 Å². The number of fused-ring (bicyclic) bond motifs is 14. The smallest absolute Gasteiger partial charge is 0.238 e. The fraction of sp³-hybridized carbons (Fsp3) is 0.0385. The summed E-state index contributed by atoms with van der Waals surface area (Å²) in [5.41, 5.74) is 14.7. The van der Waals surface area contributed by atoms with E-state index in [0.717, 1.165) is 111 Å². The molecular weight excluding hydrogens is 1080 g/mol. The molecule has 0 amide bonds. The number of amidine groups is 2. The number of nitrogens with zero attached hydrogens (tertiary/aromatic N) is 9. The van der Waals surface area contributed by atoms with Gasteiger partial charge >= 0.3 is 0 Å². The van der Waals surface area contributed by atoms with E-state index in [2.05, 4.69) is 260 Å². The molecular formula is C78H52N10. The lowest BCUT2D eigenvalue weighted by molar-refractivity contribution is 0.491. The van der Waals surface area contributed by atoms with Gasteiger partial charge < -0.3 is 14.5 Å². The molecule has 11 aromatic carbocycles. The van der Waals surface area contributed by atoms with E-state index < -0.39 is 6.29 Å². The highest BCUT2D eigenvalue weighted by Gasteiger charge is 2.30. The number of nitrogens with one attached hydrogen (secondary N) is 1. The molecule has 0 radical (unpaired) electrons. The highest BCUT2D eigenvalue weighted by Crippen LogP contribution is 2.44. The Morgan fingerprint density at radius 2 is 0.841 bits per heavy atom. The van der Waals surface area contributed by atoms with Crippen LogP contribution in [-0.2, 0) is 0 Å². The van der Waals surface area contributed by atoms with Crippen molar-refractivity contribution in [2.24, 2.45) is 9.98 Å². The van der Waals surface area contributed by atoms with Gasteiger partial charge in [-0.2, -0.15) is 9.97 Å². The first kappa shape index (κ1) is 49.7. The van der Waals surface area contributed by atoms with Crippen LogP contribution in [0.4, 0.5) is 0 Å². The summed E-state index contributed by atoms with van der Waals surface area (Å²) in [7, 11) is 0. The van der Waals surface area contributed by atoms with Gasteiger partial charge in [-0.3, -0.25) is 9.13 Å². The molecule has 16 aromatic rings. The summed E-state index contributed by atoms with van der Waals surface area (Å²) < 4.78 is 9.61. The van der Waals surface area contributed by atoms with Crippen molar-refractivity contribution < 1.29 is 0 Å². The molecule has 18 rings (SSSR count). The van der Waals surface area contributed by atoms with E-state index in [1.54, 1.807) is 0 Å². The predicted molar refractivity (Wildman–Crippen MR) is 359 cm³/mol. The zero-order valence-electron chi connectivity index (χ0n) is 47.5. The van der Waals surface area contributed by atoms with Crippen molar-refractivity contribution in [2.75, 3.05) is 0 Å². The Labute approximate surface area is 504 Å². The molecule has 2 atom stereocenters. The fourth-order valence-electron chi connectivity index (χ4n) is 13.9. The first-order chi connectivity index (χ1) is 43.7. The number of benzene rings is 11. The lowest BCUT2D eigenvalue weighted by Crippen LogP contribution is -2.43. The number of aromatic nitrogens is 7. The van der Waals surface area contributed by atoms with Crippen molar-refractivity contribution in [3.63, 3.8) is 0 Å². The SMILES string of the molecule is C1=c2c(n(C3N=C(c4ccccc4)N=C(c4ccccc4)N3)c3c2ccc2c4ccccc4n(-c4ccccc4)c23)=CCC1c1ccc2c(c1)c1ccc3c4ccccc4n(-c4ccccc4)c3c1n2-c1nc(-c2ccccc2)nc(-c2ccccc2)n1. The lowest BCUT2D eigenvalue weighted by Gasteiger charge is -2.26. The average molecular weight is 1130 g/mol. The second-order valence-corrected chi connectivity index (χ2v) is 22.8. The second-order valence-electron chi connectivity index (χ2n) is 22.8. The zero-order valence-corrected chi connectivity index (χ0v) is 47.5. The quantitative estimate of drug-likeness (QED) is 0.156. The minimum absolute atomic E-state index is 0.0141. The minimum Gasteiger partial charge on any atom is -0.331 e. The van der Waals surface area contributed by atoms with E-state index in [9.17, 15) is 0 Å². The van der Waals surface area contributed by atoms with Crippen LogP contribution in [0.15, 0.2) is 283 Å². The van der Waals surface area contributed by atoms with Gasteiger partial charge in [-0.25, -0.2) is 15.0 Å². The Bertz CT molecular complexity index is 5610. The Hall–Kier alpha value is -11.8. The van der Waals surface area contributed by atoms with Crippen LogP contribution in [0.25, 0.3) is 129 Å². The van der Waals surface area contributed by atoms with Gasteiger partial charge in [-0.15, -0.1) is 0 Å². The zero-order chi connectivity index (χ0) is 57.8. The maximum absolute atomic E-state index is 5.58. The summed E-state index contributed by atoms with van der Waals surface area (Å²) in [6, 6.07) is 96.6.